The molecule has 6 heteroatoms. The zero-order chi connectivity index (χ0) is 19.8. The van der Waals surface area contributed by atoms with Gasteiger partial charge in [0.25, 0.3) is 0 Å². The van der Waals surface area contributed by atoms with Gasteiger partial charge >= 0.3 is 0 Å². The van der Waals surface area contributed by atoms with Crippen LogP contribution in [0.25, 0.3) is 6.08 Å². The van der Waals surface area contributed by atoms with E-state index in [0.29, 0.717) is 31.9 Å². The lowest BCUT2D eigenvalue weighted by atomic mass is 10.1. The van der Waals surface area contributed by atoms with E-state index < -0.39 is 0 Å². The Morgan fingerprint density at radius 1 is 1.04 bits per heavy atom. The number of fused-ring (bicyclic) bond motifs is 1. The van der Waals surface area contributed by atoms with Crippen LogP contribution >= 0.6 is 0 Å². The summed E-state index contributed by atoms with van der Waals surface area (Å²) in [5, 5.41) is 2.89. The third-order valence-electron chi connectivity index (χ3n) is 4.14. The lowest BCUT2D eigenvalue weighted by molar-refractivity contribution is -0.116. The summed E-state index contributed by atoms with van der Waals surface area (Å²) >= 11 is 0. The number of hydrogen-bond acceptors (Lipinski definition) is 5. The molecule has 2 aromatic rings. The zero-order valence-corrected chi connectivity index (χ0v) is 16.2. The van der Waals surface area contributed by atoms with Crippen molar-refractivity contribution in [3.63, 3.8) is 0 Å². The van der Waals surface area contributed by atoms with E-state index >= 15 is 0 Å². The number of nitrogens with one attached hydrogen (secondary N) is 1. The molecule has 28 heavy (non-hydrogen) atoms. The van der Waals surface area contributed by atoms with Crippen LogP contribution in [0.3, 0.4) is 0 Å². The van der Waals surface area contributed by atoms with Crippen LogP contribution in [0.5, 0.6) is 23.0 Å². The minimum absolute atomic E-state index is 0.145. The average Bonchev–Trinajstić information content (AvgIpc) is 3.16. The van der Waals surface area contributed by atoms with Crippen molar-refractivity contribution in [2.45, 2.75) is 20.3 Å². The van der Waals surface area contributed by atoms with Gasteiger partial charge in [-0.1, -0.05) is 12.1 Å². The molecule has 0 spiro atoms. The van der Waals surface area contributed by atoms with E-state index in [1.807, 2.05) is 50.2 Å². The van der Waals surface area contributed by atoms with Crippen LogP contribution in [0.15, 0.2) is 42.5 Å². The molecule has 0 radical (unpaired) electrons. The average molecular weight is 383 g/mol. The molecule has 1 amide bonds. The van der Waals surface area contributed by atoms with Crippen LogP contribution in [-0.4, -0.2) is 32.5 Å². The van der Waals surface area contributed by atoms with Gasteiger partial charge in [0, 0.05) is 12.6 Å². The lowest BCUT2D eigenvalue weighted by Crippen LogP contribution is -2.23. The third kappa shape index (κ3) is 5.19. The largest absolute Gasteiger partial charge is 0.490 e. The molecule has 0 saturated heterocycles. The molecule has 2 aromatic carbocycles. The number of hydrogen-bond donors (Lipinski definition) is 1. The Labute approximate surface area is 165 Å². The molecule has 0 aliphatic carbocycles. The summed E-state index contributed by atoms with van der Waals surface area (Å²) in [5.41, 5.74) is 1.96. The summed E-state index contributed by atoms with van der Waals surface area (Å²) in [5.74, 6) is 2.75. The predicted molar refractivity (Wildman–Crippen MR) is 107 cm³/mol. The second-order valence-corrected chi connectivity index (χ2v) is 6.13. The minimum atomic E-state index is -0.145. The van der Waals surface area contributed by atoms with Crippen LogP contribution in [0.2, 0.25) is 0 Å². The third-order valence-corrected chi connectivity index (χ3v) is 4.14. The molecule has 6 nitrogen and oxygen atoms in total. The molecular formula is C22H25NO5. The SMILES string of the molecule is CCOc1ccc(CCNC(=O)/C=C/c2ccc3c(c2)OCO3)cc1OCC. The Hall–Kier alpha value is -3.15. The van der Waals surface area contributed by atoms with Gasteiger partial charge < -0.3 is 24.3 Å². The van der Waals surface area contributed by atoms with Gasteiger partial charge in [0.2, 0.25) is 12.7 Å². The van der Waals surface area contributed by atoms with E-state index in [0.717, 1.165) is 28.4 Å². The van der Waals surface area contributed by atoms with Gasteiger partial charge in [-0.2, -0.15) is 0 Å². The summed E-state index contributed by atoms with van der Waals surface area (Å²) in [6.07, 6.45) is 3.97. The molecule has 0 bridgehead atoms. The summed E-state index contributed by atoms with van der Waals surface area (Å²) in [4.78, 5) is 12.1. The van der Waals surface area contributed by atoms with E-state index in [1.54, 1.807) is 6.08 Å². The number of carbonyl (C=O) groups is 1. The van der Waals surface area contributed by atoms with Gasteiger partial charge in [0.15, 0.2) is 23.0 Å². The van der Waals surface area contributed by atoms with Crippen LogP contribution in [0.4, 0.5) is 0 Å². The molecule has 0 saturated carbocycles. The van der Waals surface area contributed by atoms with Gasteiger partial charge in [-0.25, -0.2) is 0 Å². The fraction of sp³-hybridized carbons (Fsp3) is 0.318. The fourth-order valence-corrected chi connectivity index (χ4v) is 2.83. The smallest absolute Gasteiger partial charge is 0.244 e. The summed E-state index contributed by atoms with van der Waals surface area (Å²) in [6, 6.07) is 11.4. The van der Waals surface area contributed by atoms with Crippen molar-refractivity contribution in [3.8, 4) is 23.0 Å². The molecule has 1 N–H and O–H groups in total. The van der Waals surface area contributed by atoms with Crippen molar-refractivity contribution in [2.75, 3.05) is 26.6 Å². The lowest BCUT2D eigenvalue weighted by Gasteiger charge is -2.12. The van der Waals surface area contributed by atoms with Crippen molar-refractivity contribution in [2.24, 2.45) is 0 Å². The Balaban J connectivity index is 1.50. The minimum Gasteiger partial charge on any atom is -0.490 e. The number of amides is 1. The Bertz CT molecular complexity index is 847. The standard InChI is InChI=1S/C22H25NO5/c1-3-25-18-8-6-17(14-20(18)26-4-2)11-12-23-22(24)10-7-16-5-9-19-21(13-16)28-15-27-19/h5-10,13-14H,3-4,11-12,15H2,1-2H3,(H,23,24)/b10-7+. The number of rotatable bonds is 9. The Kier molecular flexibility index (Phi) is 6.78. The van der Waals surface area contributed by atoms with E-state index in [9.17, 15) is 4.79 Å². The van der Waals surface area contributed by atoms with Crippen LogP contribution in [0.1, 0.15) is 25.0 Å². The molecule has 1 aliphatic heterocycles. The zero-order valence-electron chi connectivity index (χ0n) is 16.2. The first-order chi connectivity index (χ1) is 13.7. The summed E-state index contributed by atoms with van der Waals surface area (Å²) in [6.45, 7) is 5.81. The number of benzene rings is 2. The monoisotopic (exact) mass is 383 g/mol. The topological polar surface area (TPSA) is 66.0 Å². The van der Waals surface area contributed by atoms with Gasteiger partial charge in [0.1, 0.15) is 0 Å². The highest BCUT2D eigenvalue weighted by atomic mass is 16.7. The molecule has 0 unspecified atom stereocenters. The quantitative estimate of drug-likeness (QED) is 0.671. The molecule has 3 rings (SSSR count). The highest BCUT2D eigenvalue weighted by Gasteiger charge is 2.12. The van der Waals surface area contributed by atoms with E-state index in [1.165, 1.54) is 6.08 Å². The number of carbonyl (C=O) groups excluding carboxylic acids is 1. The maximum absolute atomic E-state index is 12.1. The molecule has 0 aromatic heterocycles. The molecular weight excluding hydrogens is 358 g/mol. The Morgan fingerprint density at radius 2 is 1.82 bits per heavy atom. The van der Waals surface area contributed by atoms with E-state index in [4.69, 9.17) is 18.9 Å². The van der Waals surface area contributed by atoms with E-state index in [-0.39, 0.29) is 12.7 Å². The number of ether oxygens (including phenoxy) is 4. The first-order valence-corrected chi connectivity index (χ1v) is 9.43. The predicted octanol–water partition coefficient (Wildman–Crippen LogP) is 3.58. The van der Waals surface area contributed by atoms with Gasteiger partial charge in [-0.15, -0.1) is 0 Å². The first-order valence-electron chi connectivity index (χ1n) is 9.43. The second kappa shape index (κ2) is 9.69. The first kappa shape index (κ1) is 19.6. The van der Waals surface area contributed by atoms with Crippen molar-refractivity contribution in [1.82, 2.24) is 5.32 Å². The van der Waals surface area contributed by atoms with Gasteiger partial charge in [-0.3, -0.25) is 4.79 Å². The fourth-order valence-electron chi connectivity index (χ4n) is 2.83. The summed E-state index contributed by atoms with van der Waals surface area (Å²) < 4.78 is 21.8. The van der Waals surface area contributed by atoms with E-state index in [2.05, 4.69) is 5.32 Å². The van der Waals surface area contributed by atoms with Crippen molar-refractivity contribution >= 4 is 12.0 Å². The maximum Gasteiger partial charge on any atom is 0.244 e. The Morgan fingerprint density at radius 3 is 2.64 bits per heavy atom. The molecule has 148 valence electrons. The van der Waals surface area contributed by atoms with Crippen molar-refractivity contribution < 1.29 is 23.7 Å². The highest BCUT2D eigenvalue weighted by Crippen LogP contribution is 2.32. The molecule has 1 heterocycles. The van der Waals surface area contributed by atoms with Crippen molar-refractivity contribution in [3.05, 3.63) is 53.6 Å². The molecule has 0 fully saturated rings. The molecule has 0 atom stereocenters. The highest BCUT2D eigenvalue weighted by molar-refractivity contribution is 5.91. The van der Waals surface area contributed by atoms with Crippen LogP contribution in [-0.2, 0) is 11.2 Å². The van der Waals surface area contributed by atoms with Crippen LogP contribution < -0.4 is 24.3 Å². The second-order valence-electron chi connectivity index (χ2n) is 6.13. The van der Waals surface area contributed by atoms with Crippen LogP contribution in [0, 0.1) is 0 Å². The summed E-state index contributed by atoms with van der Waals surface area (Å²) in [7, 11) is 0. The van der Waals surface area contributed by atoms with Gasteiger partial charge in [-0.05, 0) is 61.7 Å². The van der Waals surface area contributed by atoms with Gasteiger partial charge in [0.05, 0.1) is 13.2 Å². The maximum atomic E-state index is 12.1. The normalized spacial score (nSPS) is 12.2. The molecule has 1 aliphatic rings. The van der Waals surface area contributed by atoms with Crippen molar-refractivity contribution in [1.29, 1.82) is 0 Å².